The second-order valence-corrected chi connectivity index (χ2v) is 6.24. The minimum absolute atomic E-state index is 0.148. The lowest BCUT2D eigenvalue weighted by atomic mass is 10.2. The third-order valence-corrected chi connectivity index (χ3v) is 3.60. The maximum atomic E-state index is 5.79. The highest BCUT2D eigenvalue weighted by atomic mass is 16.7. The van der Waals surface area contributed by atoms with Crippen LogP contribution in [0.1, 0.15) is 17.5 Å². The van der Waals surface area contributed by atoms with Crippen molar-refractivity contribution >= 4 is 6.34 Å². The molecular weight excluding hydrogens is 328 g/mol. The molecule has 5 heteroatoms. The molecule has 0 N–H and O–H groups in total. The van der Waals surface area contributed by atoms with Gasteiger partial charge in [-0.15, -0.1) is 0 Å². The van der Waals surface area contributed by atoms with Gasteiger partial charge in [-0.1, -0.05) is 65.8 Å². The van der Waals surface area contributed by atoms with Crippen LogP contribution in [0.4, 0.5) is 0 Å². The van der Waals surface area contributed by atoms with E-state index in [0.29, 0.717) is 32.8 Å². The third kappa shape index (κ3) is 8.65. The molecule has 0 aromatic heterocycles. The van der Waals surface area contributed by atoms with Gasteiger partial charge in [0.05, 0.1) is 26.4 Å². The number of rotatable bonds is 12. The average molecular weight is 356 g/mol. The zero-order valence-corrected chi connectivity index (χ0v) is 15.6. The molecule has 0 aliphatic carbocycles. The molecule has 0 bridgehead atoms. The van der Waals surface area contributed by atoms with Crippen LogP contribution in [0.15, 0.2) is 65.8 Å². The molecule has 0 aliphatic rings. The Balaban J connectivity index is 1.72. The van der Waals surface area contributed by atoms with Crippen LogP contribution in [0.5, 0.6) is 0 Å². The van der Waals surface area contributed by atoms with Crippen molar-refractivity contribution in [2.75, 3.05) is 27.3 Å². The Labute approximate surface area is 156 Å². The Morgan fingerprint density at radius 2 is 1.46 bits per heavy atom. The molecule has 2 aromatic carbocycles. The van der Waals surface area contributed by atoms with Gasteiger partial charge >= 0.3 is 0 Å². The second kappa shape index (κ2) is 12.1. The van der Waals surface area contributed by atoms with E-state index in [4.69, 9.17) is 14.3 Å². The Morgan fingerprint density at radius 3 is 2.04 bits per heavy atom. The van der Waals surface area contributed by atoms with E-state index in [1.807, 2.05) is 67.5 Å². The van der Waals surface area contributed by atoms with Crippen LogP contribution in [0.3, 0.4) is 0 Å². The molecule has 1 atom stereocenters. The Hall–Kier alpha value is -2.37. The highest BCUT2D eigenvalue weighted by Gasteiger charge is 2.11. The summed E-state index contributed by atoms with van der Waals surface area (Å²) in [7, 11) is 3.80. The standard InChI is InChI=1S/C21H28N2O3/c1-23(2)18-22-26-21(17-25-16-20-11-7-4-8-12-20)13-14-24-15-19-9-5-3-6-10-19/h3-12,18,21H,13-17H2,1-2H3. The van der Waals surface area contributed by atoms with Crippen LogP contribution in [-0.2, 0) is 27.5 Å². The van der Waals surface area contributed by atoms with Crippen LogP contribution < -0.4 is 0 Å². The number of hydrogen-bond donors (Lipinski definition) is 0. The molecule has 0 spiro atoms. The van der Waals surface area contributed by atoms with Crippen molar-refractivity contribution < 1.29 is 14.3 Å². The van der Waals surface area contributed by atoms with Crippen molar-refractivity contribution in [1.82, 2.24) is 4.90 Å². The van der Waals surface area contributed by atoms with Gasteiger partial charge in [-0.25, -0.2) is 0 Å². The molecule has 140 valence electrons. The van der Waals surface area contributed by atoms with Gasteiger partial charge in [0, 0.05) is 20.5 Å². The summed E-state index contributed by atoms with van der Waals surface area (Å²) in [6, 6.07) is 20.2. The molecular formula is C21H28N2O3. The molecule has 0 heterocycles. The van der Waals surface area contributed by atoms with Crippen molar-refractivity contribution in [2.24, 2.45) is 5.16 Å². The van der Waals surface area contributed by atoms with Gasteiger partial charge in [0.2, 0.25) is 0 Å². The summed E-state index contributed by atoms with van der Waals surface area (Å²) in [5.41, 5.74) is 2.30. The second-order valence-electron chi connectivity index (χ2n) is 6.24. The summed E-state index contributed by atoms with van der Waals surface area (Å²) in [4.78, 5) is 7.39. The van der Waals surface area contributed by atoms with E-state index in [-0.39, 0.29) is 6.10 Å². The Kier molecular flexibility index (Phi) is 9.25. The zero-order valence-electron chi connectivity index (χ0n) is 15.6. The van der Waals surface area contributed by atoms with Crippen LogP contribution in [-0.4, -0.2) is 44.7 Å². The van der Waals surface area contributed by atoms with Crippen LogP contribution >= 0.6 is 0 Å². The van der Waals surface area contributed by atoms with Gasteiger partial charge in [0.25, 0.3) is 0 Å². The van der Waals surface area contributed by atoms with Crippen LogP contribution in [0.25, 0.3) is 0 Å². The molecule has 0 saturated heterocycles. The number of nitrogens with zero attached hydrogens (tertiary/aromatic N) is 2. The fourth-order valence-electron chi connectivity index (χ4n) is 2.24. The Bertz CT molecular complexity index is 618. The summed E-state index contributed by atoms with van der Waals surface area (Å²) in [6.45, 7) is 2.21. The molecule has 2 aromatic rings. The number of ether oxygens (including phenoxy) is 2. The van der Waals surface area contributed by atoms with Gasteiger partial charge in [-0.05, 0) is 11.1 Å². The van der Waals surface area contributed by atoms with Gasteiger partial charge in [0.1, 0.15) is 6.34 Å². The summed E-state index contributed by atoms with van der Waals surface area (Å²) in [5, 5.41) is 4.00. The lowest BCUT2D eigenvalue weighted by Gasteiger charge is -2.16. The molecule has 5 nitrogen and oxygen atoms in total. The van der Waals surface area contributed by atoms with Crippen LogP contribution in [0, 0.1) is 0 Å². The predicted octanol–water partition coefficient (Wildman–Crippen LogP) is 3.70. The smallest absolute Gasteiger partial charge is 0.153 e. The molecule has 0 radical (unpaired) electrons. The molecule has 26 heavy (non-hydrogen) atoms. The lowest BCUT2D eigenvalue weighted by molar-refractivity contribution is -0.0374. The summed E-state index contributed by atoms with van der Waals surface area (Å²) in [5.74, 6) is 0. The maximum Gasteiger partial charge on any atom is 0.153 e. The van der Waals surface area contributed by atoms with E-state index in [2.05, 4.69) is 17.3 Å². The third-order valence-electron chi connectivity index (χ3n) is 3.60. The fourth-order valence-corrected chi connectivity index (χ4v) is 2.24. The van der Waals surface area contributed by atoms with Crippen molar-refractivity contribution in [3.63, 3.8) is 0 Å². The van der Waals surface area contributed by atoms with Gasteiger partial charge in [-0.2, -0.15) is 0 Å². The first-order valence-corrected chi connectivity index (χ1v) is 8.83. The molecule has 2 rings (SSSR count). The van der Waals surface area contributed by atoms with Crippen LogP contribution in [0.2, 0.25) is 0 Å². The molecule has 0 saturated carbocycles. The molecule has 0 amide bonds. The van der Waals surface area contributed by atoms with E-state index >= 15 is 0 Å². The summed E-state index contributed by atoms with van der Waals surface area (Å²) < 4.78 is 11.5. The maximum absolute atomic E-state index is 5.79. The highest BCUT2D eigenvalue weighted by Crippen LogP contribution is 2.07. The van der Waals surface area contributed by atoms with Gasteiger partial charge in [0.15, 0.2) is 6.10 Å². The molecule has 0 fully saturated rings. The number of benzene rings is 2. The fraction of sp³-hybridized carbons (Fsp3) is 0.381. The van der Waals surface area contributed by atoms with E-state index in [1.54, 1.807) is 6.34 Å². The Morgan fingerprint density at radius 1 is 0.885 bits per heavy atom. The first-order chi connectivity index (χ1) is 12.7. The van der Waals surface area contributed by atoms with Crippen molar-refractivity contribution in [1.29, 1.82) is 0 Å². The largest absolute Gasteiger partial charge is 0.389 e. The van der Waals surface area contributed by atoms with Crippen molar-refractivity contribution in [2.45, 2.75) is 25.7 Å². The topological polar surface area (TPSA) is 43.3 Å². The molecule has 1 unspecified atom stereocenters. The molecule has 0 aliphatic heterocycles. The predicted molar refractivity (Wildman–Crippen MR) is 104 cm³/mol. The minimum atomic E-state index is -0.148. The van der Waals surface area contributed by atoms with E-state index in [9.17, 15) is 0 Å². The highest BCUT2D eigenvalue weighted by molar-refractivity contribution is 5.52. The summed E-state index contributed by atoms with van der Waals surface area (Å²) >= 11 is 0. The number of oxime groups is 1. The monoisotopic (exact) mass is 356 g/mol. The average Bonchev–Trinajstić information content (AvgIpc) is 2.66. The summed E-state index contributed by atoms with van der Waals surface area (Å²) in [6.07, 6.45) is 2.20. The van der Waals surface area contributed by atoms with Crippen molar-refractivity contribution in [3.05, 3.63) is 71.8 Å². The van der Waals surface area contributed by atoms with E-state index in [1.165, 1.54) is 0 Å². The lowest BCUT2D eigenvalue weighted by Crippen LogP contribution is -2.21. The van der Waals surface area contributed by atoms with Gasteiger partial charge in [-0.3, -0.25) is 0 Å². The van der Waals surface area contributed by atoms with E-state index in [0.717, 1.165) is 11.1 Å². The van der Waals surface area contributed by atoms with Crippen molar-refractivity contribution in [3.8, 4) is 0 Å². The van der Waals surface area contributed by atoms with E-state index < -0.39 is 0 Å². The first-order valence-electron chi connectivity index (χ1n) is 8.83. The minimum Gasteiger partial charge on any atom is -0.389 e. The SMILES string of the molecule is CN(C)C=NOC(CCOCc1ccccc1)COCc1ccccc1. The van der Waals surface area contributed by atoms with Gasteiger partial charge < -0.3 is 19.2 Å². The number of hydrogen-bond acceptors (Lipinski definition) is 4. The quantitative estimate of drug-likeness (QED) is 0.252. The first kappa shape index (κ1) is 19.9. The zero-order chi connectivity index (χ0) is 18.5. The normalized spacial score (nSPS) is 12.2.